The average molecular weight is 306 g/mol. The molecule has 0 aliphatic carbocycles. The Bertz CT molecular complexity index is 580. The number of benzene rings is 2. The highest BCUT2D eigenvalue weighted by Crippen LogP contribution is 2.26. The first-order valence-electron chi connectivity index (χ1n) is 7.34. The van der Waals surface area contributed by atoms with Crippen molar-refractivity contribution in [3.63, 3.8) is 0 Å². The van der Waals surface area contributed by atoms with Crippen molar-refractivity contribution in [3.8, 4) is 0 Å². The number of nitrogens with one attached hydrogen (secondary N) is 1. The lowest BCUT2D eigenvalue weighted by molar-refractivity contribution is 0.497. The molecule has 2 rings (SSSR count). The molecule has 2 aromatic carbocycles. The van der Waals surface area contributed by atoms with Crippen LogP contribution in [-0.2, 0) is 6.42 Å². The molecule has 21 heavy (non-hydrogen) atoms. The van der Waals surface area contributed by atoms with E-state index in [9.17, 15) is 4.39 Å². The lowest BCUT2D eigenvalue weighted by atomic mass is 9.97. The number of hydrogen-bond donors (Lipinski definition) is 1. The molecule has 0 bridgehead atoms. The van der Waals surface area contributed by atoms with Gasteiger partial charge in [0.25, 0.3) is 0 Å². The SMILES string of the molecule is CCCNC(Cc1ccc(C)cc1)c1cccc(Cl)c1F. The van der Waals surface area contributed by atoms with Gasteiger partial charge in [-0.15, -0.1) is 0 Å². The predicted octanol–water partition coefficient (Wildman–Crippen LogP) is 5.07. The maximum absolute atomic E-state index is 14.3. The van der Waals surface area contributed by atoms with Gasteiger partial charge in [0.15, 0.2) is 0 Å². The van der Waals surface area contributed by atoms with Crippen molar-refractivity contribution in [2.45, 2.75) is 32.7 Å². The summed E-state index contributed by atoms with van der Waals surface area (Å²) < 4.78 is 14.3. The normalized spacial score (nSPS) is 12.4. The highest BCUT2D eigenvalue weighted by Gasteiger charge is 2.17. The van der Waals surface area contributed by atoms with E-state index in [0.29, 0.717) is 5.56 Å². The molecule has 0 saturated heterocycles. The Morgan fingerprint density at radius 3 is 2.52 bits per heavy atom. The van der Waals surface area contributed by atoms with Crippen LogP contribution in [0.4, 0.5) is 4.39 Å². The molecule has 0 aromatic heterocycles. The molecule has 0 fully saturated rings. The van der Waals surface area contributed by atoms with E-state index in [2.05, 4.69) is 43.4 Å². The fraction of sp³-hybridized carbons (Fsp3) is 0.333. The summed E-state index contributed by atoms with van der Waals surface area (Å²) in [6.07, 6.45) is 1.75. The van der Waals surface area contributed by atoms with Crippen LogP contribution in [0.5, 0.6) is 0 Å². The zero-order valence-electron chi connectivity index (χ0n) is 12.5. The Hall–Kier alpha value is -1.38. The molecule has 0 heterocycles. The van der Waals surface area contributed by atoms with E-state index in [0.717, 1.165) is 19.4 Å². The molecule has 0 aliphatic heterocycles. The largest absolute Gasteiger partial charge is 0.310 e. The maximum atomic E-state index is 14.3. The molecule has 112 valence electrons. The minimum atomic E-state index is -0.320. The number of halogens is 2. The average Bonchev–Trinajstić information content (AvgIpc) is 2.48. The van der Waals surface area contributed by atoms with E-state index in [1.54, 1.807) is 12.1 Å². The van der Waals surface area contributed by atoms with Gasteiger partial charge in [-0.1, -0.05) is 60.5 Å². The smallest absolute Gasteiger partial charge is 0.146 e. The monoisotopic (exact) mass is 305 g/mol. The second kappa shape index (κ2) is 7.58. The predicted molar refractivity (Wildman–Crippen MR) is 87.3 cm³/mol. The fourth-order valence-corrected chi connectivity index (χ4v) is 2.54. The Morgan fingerprint density at radius 1 is 1.14 bits per heavy atom. The van der Waals surface area contributed by atoms with Crippen molar-refractivity contribution in [3.05, 3.63) is 70.0 Å². The van der Waals surface area contributed by atoms with Gasteiger partial charge in [-0.2, -0.15) is 0 Å². The van der Waals surface area contributed by atoms with Crippen molar-refractivity contribution in [1.29, 1.82) is 0 Å². The minimum absolute atomic E-state index is 0.0636. The van der Waals surface area contributed by atoms with Gasteiger partial charge in [-0.3, -0.25) is 0 Å². The molecule has 1 unspecified atom stereocenters. The third-order valence-corrected chi connectivity index (χ3v) is 3.85. The summed E-state index contributed by atoms with van der Waals surface area (Å²) >= 11 is 5.91. The van der Waals surface area contributed by atoms with Gasteiger partial charge in [0.2, 0.25) is 0 Å². The van der Waals surface area contributed by atoms with Gasteiger partial charge >= 0.3 is 0 Å². The molecule has 0 aliphatic rings. The van der Waals surface area contributed by atoms with Gasteiger partial charge in [0, 0.05) is 11.6 Å². The summed E-state index contributed by atoms with van der Waals surface area (Å²) in [4.78, 5) is 0. The van der Waals surface area contributed by atoms with E-state index < -0.39 is 0 Å². The molecule has 1 N–H and O–H groups in total. The summed E-state index contributed by atoms with van der Waals surface area (Å²) in [7, 11) is 0. The van der Waals surface area contributed by atoms with Gasteiger partial charge in [0.1, 0.15) is 5.82 Å². The summed E-state index contributed by atoms with van der Waals surface area (Å²) in [5.41, 5.74) is 3.05. The molecule has 1 atom stereocenters. The van der Waals surface area contributed by atoms with E-state index >= 15 is 0 Å². The second-order valence-corrected chi connectivity index (χ2v) is 5.75. The number of hydrogen-bond acceptors (Lipinski definition) is 1. The summed E-state index contributed by atoms with van der Waals surface area (Å²) in [5, 5.41) is 3.60. The Labute approximate surface area is 131 Å². The second-order valence-electron chi connectivity index (χ2n) is 5.34. The molecule has 0 radical (unpaired) electrons. The first-order valence-corrected chi connectivity index (χ1v) is 7.72. The van der Waals surface area contributed by atoms with E-state index in [1.807, 2.05) is 6.07 Å². The van der Waals surface area contributed by atoms with Crippen molar-refractivity contribution in [2.75, 3.05) is 6.54 Å². The van der Waals surface area contributed by atoms with Gasteiger partial charge in [-0.05, 0) is 37.9 Å². The van der Waals surface area contributed by atoms with Crippen LogP contribution < -0.4 is 5.32 Å². The van der Waals surface area contributed by atoms with Crippen LogP contribution in [-0.4, -0.2) is 6.54 Å². The molecule has 1 nitrogen and oxygen atoms in total. The summed E-state index contributed by atoms with van der Waals surface area (Å²) in [6.45, 7) is 5.01. The standard InChI is InChI=1S/C18H21ClFN/c1-3-11-21-17(12-14-9-7-13(2)8-10-14)15-5-4-6-16(19)18(15)20/h4-10,17,21H,3,11-12H2,1-2H3. The highest BCUT2D eigenvalue weighted by atomic mass is 35.5. The number of aryl methyl sites for hydroxylation is 1. The van der Waals surface area contributed by atoms with Gasteiger partial charge in [-0.25, -0.2) is 4.39 Å². The van der Waals surface area contributed by atoms with Crippen molar-refractivity contribution in [2.24, 2.45) is 0 Å². The third-order valence-electron chi connectivity index (χ3n) is 3.56. The molecule has 0 amide bonds. The zero-order chi connectivity index (χ0) is 15.2. The molecule has 0 saturated carbocycles. The van der Waals surface area contributed by atoms with Crippen LogP contribution in [0.3, 0.4) is 0 Å². The first-order chi connectivity index (χ1) is 10.1. The molecule has 0 spiro atoms. The quantitative estimate of drug-likeness (QED) is 0.785. The maximum Gasteiger partial charge on any atom is 0.146 e. The van der Waals surface area contributed by atoms with Gasteiger partial charge in [0.05, 0.1) is 5.02 Å². The molecular weight excluding hydrogens is 285 g/mol. The Balaban J connectivity index is 2.25. The number of rotatable bonds is 6. The molecule has 3 heteroatoms. The lowest BCUT2D eigenvalue weighted by Gasteiger charge is -2.20. The van der Waals surface area contributed by atoms with Crippen LogP contribution in [0.2, 0.25) is 5.02 Å². The summed E-state index contributed by atoms with van der Waals surface area (Å²) in [5.74, 6) is -0.320. The van der Waals surface area contributed by atoms with Crippen LogP contribution in [0.1, 0.15) is 36.1 Å². The highest BCUT2D eigenvalue weighted by molar-refractivity contribution is 6.30. The topological polar surface area (TPSA) is 12.0 Å². The van der Waals surface area contributed by atoms with Crippen molar-refractivity contribution in [1.82, 2.24) is 5.32 Å². The fourth-order valence-electron chi connectivity index (χ4n) is 2.36. The van der Waals surface area contributed by atoms with Gasteiger partial charge < -0.3 is 5.32 Å². The molecular formula is C18H21ClFN. The third kappa shape index (κ3) is 4.29. The van der Waals surface area contributed by atoms with Crippen LogP contribution in [0.15, 0.2) is 42.5 Å². The Kier molecular flexibility index (Phi) is 5.77. The molecule has 2 aromatic rings. The van der Waals surface area contributed by atoms with E-state index in [-0.39, 0.29) is 16.9 Å². The van der Waals surface area contributed by atoms with E-state index in [4.69, 9.17) is 11.6 Å². The van der Waals surface area contributed by atoms with Crippen LogP contribution in [0.25, 0.3) is 0 Å². The Morgan fingerprint density at radius 2 is 1.86 bits per heavy atom. The van der Waals surface area contributed by atoms with Crippen LogP contribution >= 0.6 is 11.6 Å². The lowest BCUT2D eigenvalue weighted by Crippen LogP contribution is -2.25. The van der Waals surface area contributed by atoms with Crippen LogP contribution in [0, 0.1) is 12.7 Å². The summed E-state index contributed by atoms with van der Waals surface area (Å²) in [6, 6.07) is 13.5. The zero-order valence-corrected chi connectivity index (χ0v) is 13.3. The van der Waals surface area contributed by atoms with Crippen molar-refractivity contribution >= 4 is 11.6 Å². The first kappa shape index (κ1) is 16.0. The minimum Gasteiger partial charge on any atom is -0.310 e. The van der Waals surface area contributed by atoms with Crippen molar-refractivity contribution < 1.29 is 4.39 Å². The van der Waals surface area contributed by atoms with E-state index in [1.165, 1.54) is 11.1 Å².